The number of nitrogens with zero attached hydrogens (tertiary/aromatic N) is 3. The zero-order valence-corrected chi connectivity index (χ0v) is 13.8. The molecular formula is C16H19F3N4O2. The summed E-state index contributed by atoms with van der Waals surface area (Å²) in [6.45, 7) is 3.80. The normalized spacial score (nSPS) is 21.8. The van der Waals surface area contributed by atoms with Crippen molar-refractivity contribution in [2.24, 2.45) is 0 Å². The van der Waals surface area contributed by atoms with Crippen molar-refractivity contribution in [2.45, 2.75) is 32.0 Å². The Morgan fingerprint density at radius 3 is 2.60 bits per heavy atom. The zero-order chi connectivity index (χ0) is 18.2. The number of hydrogen-bond donors (Lipinski definition) is 1. The van der Waals surface area contributed by atoms with Gasteiger partial charge in [-0.2, -0.15) is 13.2 Å². The van der Waals surface area contributed by atoms with Gasteiger partial charge >= 0.3 is 6.18 Å². The van der Waals surface area contributed by atoms with Crippen molar-refractivity contribution in [3.8, 4) is 0 Å². The standard InChI is InChI=1S/C16H19F3N4O2/c1-10-8-11(16(17,18)19)9-13(21-10)23-12(2-3-14(23)24)15(25)22-6-4-20-5-7-22/h8-9,12,20H,2-7H2,1H3/t12-/m0/s1. The third-order valence-corrected chi connectivity index (χ3v) is 4.44. The highest BCUT2D eigenvalue weighted by Gasteiger charge is 2.41. The van der Waals surface area contributed by atoms with E-state index in [9.17, 15) is 22.8 Å². The van der Waals surface area contributed by atoms with Gasteiger partial charge in [0.25, 0.3) is 0 Å². The molecule has 1 atom stereocenters. The lowest BCUT2D eigenvalue weighted by Gasteiger charge is -2.32. The van der Waals surface area contributed by atoms with Gasteiger partial charge in [-0.1, -0.05) is 0 Å². The number of hydrogen-bond acceptors (Lipinski definition) is 4. The Hall–Kier alpha value is -2.16. The third-order valence-electron chi connectivity index (χ3n) is 4.44. The highest BCUT2D eigenvalue weighted by atomic mass is 19.4. The Kier molecular flexibility index (Phi) is 4.68. The highest BCUT2D eigenvalue weighted by molar-refractivity contribution is 6.03. The fraction of sp³-hybridized carbons (Fsp3) is 0.562. The molecule has 136 valence electrons. The highest BCUT2D eigenvalue weighted by Crippen LogP contribution is 2.34. The Labute approximate surface area is 143 Å². The molecule has 3 heterocycles. The quantitative estimate of drug-likeness (QED) is 0.869. The van der Waals surface area contributed by atoms with Crippen molar-refractivity contribution in [1.29, 1.82) is 0 Å². The second-order valence-corrected chi connectivity index (χ2v) is 6.25. The maximum absolute atomic E-state index is 13.1. The molecule has 2 amide bonds. The van der Waals surface area contributed by atoms with E-state index in [0.717, 1.165) is 17.0 Å². The third kappa shape index (κ3) is 3.60. The van der Waals surface area contributed by atoms with Crippen LogP contribution in [0.25, 0.3) is 0 Å². The summed E-state index contributed by atoms with van der Waals surface area (Å²) < 4.78 is 39.2. The van der Waals surface area contributed by atoms with Crippen LogP contribution in [0.3, 0.4) is 0 Å². The van der Waals surface area contributed by atoms with E-state index in [1.54, 1.807) is 4.90 Å². The number of alkyl halides is 3. The summed E-state index contributed by atoms with van der Waals surface area (Å²) in [5, 5.41) is 3.13. The minimum absolute atomic E-state index is 0.108. The van der Waals surface area contributed by atoms with E-state index in [0.29, 0.717) is 32.6 Å². The van der Waals surface area contributed by atoms with Gasteiger partial charge < -0.3 is 10.2 Å². The van der Waals surface area contributed by atoms with Crippen molar-refractivity contribution in [3.63, 3.8) is 0 Å². The number of carbonyl (C=O) groups is 2. The Morgan fingerprint density at radius 1 is 1.28 bits per heavy atom. The number of halogens is 3. The number of rotatable bonds is 2. The maximum atomic E-state index is 13.1. The Bertz CT molecular complexity index is 686. The minimum atomic E-state index is -4.54. The van der Waals surface area contributed by atoms with Gasteiger partial charge in [0.1, 0.15) is 11.9 Å². The molecule has 1 aromatic heterocycles. The molecule has 6 nitrogen and oxygen atoms in total. The van der Waals surface area contributed by atoms with Gasteiger partial charge in [0.2, 0.25) is 11.8 Å². The first kappa shape index (κ1) is 17.7. The van der Waals surface area contributed by atoms with Gasteiger partial charge in [0.15, 0.2) is 0 Å². The number of piperazine rings is 1. The smallest absolute Gasteiger partial charge is 0.338 e. The molecule has 0 bridgehead atoms. The van der Waals surface area contributed by atoms with Crippen LogP contribution >= 0.6 is 0 Å². The molecular weight excluding hydrogens is 337 g/mol. The molecule has 2 fully saturated rings. The molecule has 1 N–H and O–H groups in total. The molecule has 0 radical (unpaired) electrons. The second-order valence-electron chi connectivity index (χ2n) is 6.25. The Morgan fingerprint density at radius 2 is 1.96 bits per heavy atom. The summed E-state index contributed by atoms with van der Waals surface area (Å²) in [4.78, 5) is 31.9. The van der Waals surface area contributed by atoms with E-state index < -0.39 is 17.8 Å². The number of nitrogens with one attached hydrogen (secondary N) is 1. The zero-order valence-electron chi connectivity index (χ0n) is 13.8. The summed E-state index contributed by atoms with van der Waals surface area (Å²) in [5.74, 6) is -0.716. The van der Waals surface area contributed by atoms with Gasteiger partial charge in [0, 0.05) is 38.3 Å². The van der Waals surface area contributed by atoms with Crippen molar-refractivity contribution >= 4 is 17.6 Å². The van der Waals surface area contributed by atoms with Gasteiger partial charge in [-0.3, -0.25) is 14.5 Å². The van der Waals surface area contributed by atoms with E-state index in [1.807, 2.05) is 0 Å². The molecule has 2 aliphatic heterocycles. The molecule has 2 saturated heterocycles. The topological polar surface area (TPSA) is 65.5 Å². The molecule has 0 aliphatic carbocycles. The molecule has 0 saturated carbocycles. The van der Waals surface area contributed by atoms with Gasteiger partial charge in [-0.05, 0) is 25.5 Å². The molecule has 25 heavy (non-hydrogen) atoms. The van der Waals surface area contributed by atoms with E-state index in [1.165, 1.54) is 6.92 Å². The summed E-state index contributed by atoms with van der Waals surface area (Å²) in [7, 11) is 0. The fourth-order valence-electron chi connectivity index (χ4n) is 3.24. The van der Waals surface area contributed by atoms with Crippen molar-refractivity contribution < 1.29 is 22.8 Å². The van der Waals surface area contributed by atoms with Crippen molar-refractivity contribution in [3.05, 3.63) is 23.4 Å². The number of amides is 2. The first-order chi connectivity index (χ1) is 11.8. The SMILES string of the molecule is Cc1cc(C(F)(F)F)cc(N2C(=O)CC[C@H]2C(=O)N2CCNCC2)n1. The number of pyridine rings is 1. The second kappa shape index (κ2) is 6.62. The lowest BCUT2D eigenvalue weighted by Crippen LogP contribution is -2.53. The number of aromatic nitrogens is 1. The van der Waals surface area contributed by atoms with E-state index in [-0.39, 0.29) is 29.7 Å². The van der Waals surface area contributed by atoms with Crippen LogP contribution in [0.2, 0.25) is 0 Å². The van der Waals surface area contributed by atoms with Crippen molar-refractivity contribution in [2.75, 3.05) is 31.1 Å². The van der Waals surface area contributed by atoms with Crippen molar-refractivity contribution in [1.82, 2.24) is 15.2 Å². The van der Waals surface area contributed by atoms with Crippen LogP contribution < -0.4 is 10.2 Å². The van der Waals surface area contributed by atoms with E-state index in [4.69, 9.17) is 0 Å². The summed E-state index contributed by atoms with van der Waals surface area (Å²) >= 11 is 0. The van der Waals surface area contributed by atoms with Gasteiger partial charge in [-0.25, -0.2) is 4.98 Å². The monoisotopic (exact) mass is 356 g/mol. The molecule has 1 aromatic rings. The summed E-state index contributed by atoms with van der Waals surface area (Å²) in [6, 6.07) is 0.979. The molecule has 0 aromatic carbocycles. The van der Waals surface area contributed by atoms with E-state index in [2.05, 4.69) is 10.3 Å². The average molecular weight is 356 g/mol. The first-order valence-electron chi connectivity index (χ1n) is 8.15. The lowest BCUT2D eigenvalue weighted by molar-refractivity contribution is -0.137. The average Bonchev–Trinajstić information content (AvgIpc) is 2.95. The van der Waals surface area contributed by atoms with Crippen LogP contribution in [0.1, 0.15) is 24.1 Å². The molecule has 0 spiro atoms. The van der Waals surface area contributed by atoms with Crippen LogP contribution in [-0.4, -0.2) is 53.9 Å². The van der Waals surface area contributed by atoms with E-state index >= 15 is 0 Å². The van der Waals surface area contributed by atoms with Crippen LogP contribution in [0.5, 0.6) is 0 Å². The van der Waals surface area contributed by atoms with Gasteiger partial charge in [-0.15, -0.1) is 0 Å². The molecule has 0 unspecified atom stereocenters. The summed E-state index contributed by atoms with van der Waals surface area (Å²) in [6.07, 6.45) is -4.12. The lowest BCUT2D eigenvalue weighted by atomic mass is 10.1. The minimum Gasteiger partial charge on any atom is -0.338 e. The summed E-state index contributed by atoms with van der Waals surface area (Å²) in [5.41, 5.74) is -0.721. The number of anilines is 1. The van der Waals surface area contributed by atoms with Gasteiger partial charge in [0.05, 0.1) is 5.56 Å². The van der Waals surface area contributed by atoms with Crippen LogP contribution in [0, 0.1) is 6.92 Å². The molecule has 3 rings (SSSR count). The molecule has 9 heteroatoms. The number of carbonyl (C=O) groups excluding carboxylic acids is 2. The number of aryl methyl sites for hydroxylation is 1. The van der Waals surface area contributed by atoms with Crippen LogP contribution in [0.15, 0.2) is 12.1 Å². The molecule has 2 aliphatic rings. The van der Waals surface area contributed by atoms with Crippen LogP contribution in [0.4, 0.5) is 19.0 Å². The maximum Gasteiger partial charge on any atom is 0.416 e. The van der Waals surface area contributed by atoms with Crippen LogP contribution in [-0.2, 0) is 15.8 Å². The predicted octanol–water partition coefficient (Wildman–Crippen LogP) is 1.34. The predicted molar refractivity (Wildman–Crippen MR) is 83.9 cm³/mol. The fourth-order valence-corrected chi connectivity index (χ4v) is 3.24. The first-order valence-corrected chi connectivity index (χ1v) is 8.15. The Balaban J connectivity index is 1.92. The largest absolute Gasteiger partial charge is 0.416 e.